The highest BCUT2D eigenvalue weighted by atomic mass is 35.5. The monoisotopic (exact) mass is 454 g/mol. The summed E-state index contributed by atoms with van der Waals surface area (Å²) < 4.78 is 42.2. The predicted octanol–water partition coefficient (Wildman–Crippen LogP) is 5.23. The molecule has 2 aromatic heterocycles. The molecule has 2 atom stereocenters. The van der Waals surface area contributed by atoms with E-state index in [9.17, 15) is 18.0 Å². The first-order valence-corrected chi connectivity index (χ1v) is 10.6. The van der Waals surface area contributed by atoms with Gasteiger partial charge in [0.2, 0.25) is 5.95 Å². The van der Waals surface area contributed by atoms with Gasteiger partial charge in [-0.1, -0.05) is 48.0 Å². The molecule has 2 N–H and O–H groups in total. The number of aromatic nitrogens is 2. The largest absolute Gasteiger partial charge is 0.409 e. The lowest BCUT2D eigenvalue weighted by atomic mass is 10.0. The number of carbonyl (C=O) groups excluding carboxylic acids is 1. The van der Waals surface area contributed by atoms with Gasteiger partial charge in [0.1, 0.15) is 11.2 Å². The van der Waals surface area contributed by atoms with Gasteiger partial charge in [-0.2, -0.15) is 13.2 Å². The molecule has 3 heterocycles. The van der Waals surface area contributed by atoms with Crippen molar-refractivity contribution in [3.05, 3.63) is 69.1 Å². The second kappa shape index (κ2) is 8.31. The Kier molecular flexibility index (Phi) is 5.75. The number of fused-ring (bicyclic) bond motifs is 1. The molecule has 3 aromatic rings. The van der Waals surface area contributed by atoms with Crippen LogP contribution in [0.25, 0.3) is 0 Å². The molecule has 0 aliphatic carbocycles. The molecule has 30 heavy (non-hydrogen) atoms. The van der Waals surface area contributed by atoms with Crippen LogP contribution in [0.15, 0.2) is 47.8 Å². The number of halogens is 4. The number of nitrogens with zero attached hydrogens (tertiary/aromatic N) is 2. The summed E-state index contributed by atoms with van der Waals surface area (Å²) in [5.74, 6) is -0.659. The van der Waals surface area contributed by atoms with Crippen molar-refractivity contribution in [1.82, 2.24) is 14.9 Å². The summed E-state index contributed by atoms with van der Waals surface area (Å²) in [6.07, 6.45) is -4.18. The van der Waals surface area contributed by atoms with Gasteiger partial charge in [0.25, 0.3) is 5.91 Å². The van der Waals surface area contributed by atoms with E-state index in [1.54, 1.807) is 17.5 Å². The first kappa shape index (κ1) is 20.7. The lowest BCUT2D eigenvalue weighted by molar-refractivity contribution is -0.171. The molecule has 0 radical (unpaired) electrons. The predicted molar refractivity (Wildman–Crippen MR) is 110 cm³/mol. The van der Waals surface area contributed by atoms with Crippen molar-refractivity contribution in [1.29, 1.82) is 0 Å². The Hall–Kier alpha value is -2.52. The Bertz CT molecular complexity index is 1020. The molecule has 0 spiro atoms. The van der Waals surface area contributed by atoms with Crippen molar-refractivity contribution < 1.29 is 18.0 Å². The maximum atomic E-state index is 13.8. The highest BCUT2D eigenvalue weighted by Gasteiger charge is 2.48. The highest BCUT2D eigenvalue weighted by Crippen LogP contribution is 2.46. The van der Waals surface area contributed by atoms with Crippen LogP contribution in [-0.4, -0.2) is 28.2 Å². The third-order valence-corrected chi connectivity index (χ3v) is 6.30. The summed E-state index contributed by atoms with van der Waals surface area (Å²) in [4.78, 5) is 17.4. The van der Waals surface area contributed by atoms with Gasteiger partial charge in [0.05, 0.1) is 6.04 Å². The number of hydrogen-bond donors (Lipinski definition) is 2. The molecule has 5 nitrogen and oxygen atoms in total. The second-order valence-corrected chi connectivity index (χ2v) is 8.28. The smallest absolute Gasteiger partial charge is 0.350 e. The Morgan fingerprint density at radius 3 is 2.70 bits per heavy atom. The van der Waals surface area contributed by atoms with Crippen LogP contribution in [0.3, 0.4) is 0 Å². The SMILES string of the molecule is O=C(NCCc1ccccc1)c1nc2n(c1Cl)[C@H](C(F)(F)F)C[C@H](c1cccs1)N2. The van der Waals surface area contributed by atoms with Crippen molar-refractivity contribution in [2.75, 3.05) is 11.9 Å². The van der Waals surface area contributed by atoms with Crippen LogP contribution in [0, 0.1) is 0 Å². The van der Waals surface area contributed by atoms with E-state index >= 15 is 0 Å². The Morgan fingerprint density at radius 2 is 2.03 bits per heavy atom. The summed E-state index contributed by atoms with van der Waals surface area (Å²) in [7, 11) is 0. The number of benzene rings is 1. The van der Waals surface area contributed by atoms with Gasteiger partial charge in [0, 0.05) is 17.8 Å². The van der Waals surface area contributed by atoms with Crippen molar-refractivity contribution in [2.45, 2.75) is 31.1 Å². The van der Waals surface area contributed by atoms with E-state index < -0.39 is 24.2 Å². The molecule has 0 bridgehead atoms. The normalized spacial score (nSPS) is 18.5. The molecule has 1 aliphatic rings. The number of carbonyl (C=O) groups is 1. The summed E-state index contributed by atoms with van der Waals surface area (Å²) in [5.41, 5.74) is 0.818. The van der Waals surface area contributed by atoms with Crippen molar-refractivity contribution in [3.8, 4) is 0 Å². The van der Waals surface area contributed by atoms with Gasteiger partial charge in [-0.3, -0.25) is 9.36 Å². The fourth-order valence-corrected chi connectivity index (χ4v) is 4.61. The third-order valence-electron chi connectivity index (χ3n) is 4.95. The number of rotatable bonds is 5. The molecular formula is C20H18ClF3N4OS. The van der Waals surface area contributed by atoms with Gasteiger partial charge < -0.3 is 10.6 Å². The van der Waals surface area contributed by atoms with E-state index in [-0.39, 0.29) is 23.2 Å². The minimum Gasteiger partial charge on any atom is -0.350 e. The fraction of sp³-hybridized carbons (Fsp3) is 0.300. The Morgan fingerprint density at radius 1 is 1.27 bits per heavy atom. The number of hydrogen-bond acceptors (Lipinski definition) is 4. The van der Waals surface area contributed by atoms with Crippen LogP contribution < -0.4 is 10.6 Å². The van der Waals surface area contributed by atoms with E-state index in [0.717, 1.165) is 15.0 Å². The van der Waals surface area contributed by atoms with Crippen molar-refractivity contribution in [3.63, 3.8) is 0 Å². The quantitative estimate of drug-likeness (QED) is 0.555. The van der Waals surface area contributed by atoms with Crippen LogP contribution in [0.2, 0.25) is 5.15 Å². The zero-order valence-electron chi connectivity index (χ0n) is 15.6. The maximum Gasteiger partial charge on any atom is 0.409 e. The standard InChI is InChI=1S/C20H18ClF3N4OS/c21-17-16(18(29)25-9-8-12-5-2-1-3-6-12)27-19-26-13(14-7-4-10-30-14)11-15(28(17)19)20(22,23)24/h1-7,10,13,15H,8-9,11H2,(H,25,29)(H,26,27)/t13-,15+/m1/s1. The van der Waals surface area contributed by atoms with Crippen LogP contribution in [-0.2, 0) is 6.42 Å². The molecule has 10 heteroatoms. The number of anilines is 1. The van der Waals surface area contributed by atoms with Crippen LogP contribution >= 0.6 is 22.9 Å². The fourth-order valence-electron chi connectivity index (χ4n) is 3.49. The lowest BCUT2D eigenvalue weighted by Crippen LogP contribution is -2.35. The van der Waals surface area contributed by atoms with Crippen molar-refractivity contribution in [2.24, 2.45) is 0 Å². The van der Waals surface area contributed by atoms with E-state index in [2.05, 4.69) is 15.6 Å². The van der Waals surface area contributed by atoms with Crippen LogP contribution in [0.1, 0.15) is 39.4 Å². The Labute approximate surface area is 179 Å². The molecule has 1 aliphatic heterocycles. The summed E-state index contributed by atoms with van der Waals surface area (Å²) in [6.45, 7) is 0.315. The minimum absolute atomic E-state index is 0.0554. The summed E-state index contributed by atoms with van der Waals surface area (Å²) in [5, 5.41) is 7.17. The summed E-state index contributed by atoms with van der Waals surface area (Å²) in [6, 6.07) is 10.7. The number of imidazole rings is 1. The van der Waals surface area contributed by atoms with Gasteiger partial charge in [0.15, 0.2) is 5.69 Å². The zero-order chi connectivity index (χ0) is 21.3. The molecule has 1 amide bonds. The number of amides is 1. The van der Waals surface area contributed by atoms with Crippen molar-refractivity contribution >= 4 is 34.8 Å². The van der Waals surface area contributed by atoms with Gasteiger partial charge >= 0.3 is 6.18 Å². The van der Waals surface area contributed by atoms with Crippen LogP contribution in [0.5, 0.6) is 0 Å². The number of alkyl halides is 3. The topological polar surface area (TPSA) is 59.0 Å². The number of thiophene rings is 1. The van der Waals surface area contributed by atoms with E-state index in [1.165, 1.54) is 11.3 Å². The summed E-state index contributed by atoms with van der Waals surface area (Å²) >= 11 is 7.57. The van der Waals surface area contributed by atoms with Gasteiger partial charge in [-0.05, 0) is 23.4 Å². The molecule has 1 aromatic carbocycles. The average Bonchev–Trinajstić information content (AvgIpc) is 3.36. The lowest BCUT2D eigenvalue weighted by Gasteiger charge is -2.33. The van der Waals surface area contributed by atoms with Gasteiger partial charge in [-0.15, -0.1) is 11.3 Å². The molecule has 0 saturated carbocycles. The second-order valence-electron chi connectivity index (χ2n) is 6.94. The molecule has 158 valence electrons. The molecule has 0 saturated heterocycles. The third kappa shape index (κ3) is 4.17. The molecule has 0 unspecified atom stereocenters. The van der Waals surface area contributed by atoms with E-state index in [4.69, 9.17) is 11.6 Å². The maximum absolute atomic E-state index is 13.8. The molecule has 4 rings (SSSR count). The highest BCUT2D eigenvalue weighted by molar-refractivity contribution is 7.10. The van der Waals surface area contributed by atoms with E-state index in [1.807, 2.05) is 30.3 Å². The Balaban J connectivity index is 1.56. The van der Waals surface area contributed by atoms with Gasteiger partial charge in [-0.25, -0.2) is 4.98 Å². The first-order chi connectivity index (χ1) is 14.3. The first-order valence-electron chi connectivity index (χ1n) is 9.31. The minimum atomic E-state index is -4.53. The average molecular weight is 455 g/mol. The zero-order valence-corrected chi connectivity index (χ0v) is 17.2. The van der Waals surface area contributed by atoms with E-state index in [0.29, 0.717) is 13.0 Å². The molecular weight excluding hydrogens is 437 g/mol. The number of nitrogens with one attached hydrogen (secondary N) is 2. The molecule has 0 fully saturated rings. The van der Waals surface area contributed by atoms with Crippen LogP contribution in [0.4, 0.5) is 19.1 Å².